The van der Waals surface area contributed by atoms with Crippen LogP contribution < -0.4 is 5.32 Å². The minimum absolute atomic E-state index is 0. The summed E-state index contributed by atoms with van der Waals surface area (Å²) in [6.07, 6.45) is 6.38. The molecule has 0 aromatic carbocycles. The molecule has 1 aromatic heterocycles. The largest absolute Gasteiger partial charge is 0.469 e. The van der Waals surface area contributed by atoms with Gasteiger partial charge in [0.05, 0.1) is 13.0 Å². The van der Waals surface area contributed by atoms with Crippen molar-refractivity contribution in [3.05, 3.63) is 18.5 Å². The Morgan fingerprint density at radius 2 is 2.17 bits per heavy atom. The van der Waals surface area contributed by atoms with Crippen molar-refractivity contribution in [2.75, 3.05) is 33.8 Å². The topological polar surface area (TPSA) is 71.8 Å². The summed E-state index contributed by atoms with van der Waals surface area (Å²) >= 11 is 0. The number of guanidine groups is 1. The smallest absolute Gasteiger partial charge is 0.308 e. The highest BCUT2D eigenvalue weighted by atomic mass is 127. The molecule has 2 heterocycles. The van der Waals surface area contributed by atoms with Gasteiger partial charge >= 0.3 is 5.97 Å². The van der Waals surface area contributed by atoms with Gasteiger partial charge in [0.25, 0.3) is 0 Å². The van der Waals surface area contributed by atoms with Crippen molar-refractivity contribution >= 4 is 35.9 Å². The third kappa shape index (κ3) is 6.00. The van der Waals surface area contributed by atoms with Crippen molar-refractivity contribution in [1.29, 1.82) is 0 Å². The van der Waals surface area contributed by atoms with Crippen LogP contribution in [0.1, 0.15) is 19.3 Å². The molecule has 1 aliphatic rings. The molecule has 2 rings (SSSR count). The molecule has 7 nitrogen and oxygen atoms in total. The van der Waals surface area contributed by atoms with E-state index in [0.29, 0.717) is 0 Å². The van der Waals surface area contributed by atoms with Gasteiger partial charge in [-0.15, -0.1) is 24.0 Å². The standard InChI is InChI=1S/C15H25N5O2.HI/c1-16-15(17-7-3-9-20-10-4-8-18-20)19-11-5-13(6-12-19)14(21)22-2;/h4,8,10,13H,3,5-7,9,11-12H2,1-2H3,(H,16,17);1H. The van der Waals surface area contributed by atoms with Gasteiger partial charge in [-0.05, 0) is 25.3 Å². The minimum Gasteiger partial charge on any atom is -0.469 e. The fourth-order valence-electron chi connectivity index (χ4n) is 2.70. The molecule has 0 amide bonds. The average molecular weight is 435 g/mol. The Kier molecular flexibility index (Phi) is 8.97. The molecule has 8 heteroatoms. The Balaban J connectivity index is 0.00000264. The van der Waals surface area contributed by atoms with Gasteiger partial charge < -0.3 is 15.0 Å². The summed E-state index contributed by atoms with van der Waals surface area (Å²) in [5.74, 6) is 0.838. The van der Waals surface area contributed by atoms with E-state index in [0.717, 1.165) is 51.4 Å². The van der Waals surface area contributed by atoms with Gasteiger partial charge in [-0.25, -0.2) is 0 Å². The highest BCUT2D eigenvalue weighted by molar-refractivity contribution is 14.0. The van der Waals surface area contributed by atoms with Gasteiger partial charge in [-0.2, -0.15) is 5.10 Å². The van der Waals surface area contributed by atoms with Crippen LogP contribution >= 0.6 is 24.0 Å². The number of halogens is 1. The number of aliphatic imine (C=N–C) groups is 1. The number of likely N-dealkylation sites (tertiary alicyclic amines) is 1. The number of aryl methyl sites for hydroxylation is 1. The number of nitrogens with zero attached hydrogens (tertiary/aromatic N) is 4. The van der Waals surface area contributed by atoms with Gasteiger partial charge in [-0.3, -0.25) is 14.5 Å². The number of ether oxygens (including phenoxy) is 1. The summed E-state index contributed by atoms with van der Waals surface area (Å²) in [6.45, 7) is 3.40. The van der Waals surface area contributed by atoms with E-state index in [1.807, 2.05) is 16.9 Å². The molecule has 0 saturated carbocycles. The van der Waals surface area contributed by atoms with Crippen molar-refractivity contribution in [2.24, 2.45) is 10.9 Å². The van der Waals surface area contributed by atoms with E-state index in [4.69, 9.17) is 4.74 Å². The summed E-state index contributed by atoms with van der Waals surface area (Å²) in [4.78, 5) is 18.1. The number of aromatic nitrogens is 2. The molecule has 23 heavy (non-hydrogen) atoms. The number of methoxy groups -OCH3 is 1. The lowest BCUT2D eigenvalue weighted by Gasteiger charge is -2.33. The number of rotatable bonds is 5. The molecule has 1 aromatic rings. The highest BCUT2D eigenvalue weighted by Gasteiger charge is 2.26. The fourth-order valence-corrected chi connectivity index (χ4v) is 2.70. The maximum Gasteiger partial charge on any atom is 0.308 e. The Labute approximate surface area is 154 Å². The molecule has 1 saturated heterocycles. The monoisotopic (exact) mass is 435 g/mol. The molecule has 0 bridgehead atoms. The highest BCUT2D eigenvalue weighted by Crippen LogP contribution is 2.18. The molecule has 130 valence electrons. The van der Waals surface area contributed by atoms with Gasteiger partial charge in [-0.1, -0.05) is 0 Å². The maximum atomic E-state index is 11.5. The molecular weight excluding hydrogens is 409 g/mol. The number of carbonyl (C=O) groups excluding carboxylic acids is 1. The zero-order valence-electron chi connectivity index (χ0n) is 13.8. The van der Waals surface area contributed by atoms with Crippen LogP contribution in [0.5, 0.6) is 0 Å². The molecule has 0 radical (unpaired) electrons. The molecule has 1 aliphatic heterocycles. The number of carbonyl (C=O) groups is 1. The number of hydrogen-bond donors (Lipinski definition) is 1. The van der Waals surface area contributed by atoms with E-state index < -0.39 is 0 Å². The normalized spacial score (nSPS) is 15.9. The molecule has 0 unspecified atom stereocenters. The van der Waals surface area contributed by atoms with E-state index in [1.54, 1.807) is 13.2 Å². The van der Waals surface area contributed by atoms with Crippen molar-refractivity contribution in [1.82, 2.24) is 20.0 Å². The van der Waals surface area contributed by atoms with Gasteiger partial charge in [0.2, 0.25) is 0 Å². The van der Waals surface area contributed by atoms with E-state index >= 15 is 0 Å². The zero-order chi connectivity index (χ0) is 15.8. The second-order valence-electron chi connectivity index (χ2n) is 5.38. The fraction of sp³-hybridized carbons (Fsp3) is 0.667. The second-order valence-corrected chi connectivity index (χ2v) is 5.38. The zero-order valence-corrected chi connectivity index (χ0v) is 16.1. The lowest BCUT2D eigenvalue weighted by Crippen LogP contribution is -2.47. The maximum absolute atomic E-state index is 11.5. The minimum atomic E-state index is -0.0955. The number of hydrogen-bond acceptors (Lipinski definition) is 4. The van der Waals surface area contributed by atoms with Crippen LogP contribution in [-0.4, -0.2) is 60.4 Å². The summed E-state index contributed by atoms with van der Waals surface area (Å²) in [7, 11) is 3.25. The quantitative estimate of drug-likeness (QED) is 0.249. The van der Waals surface area contributed by atoms with Crippen molar-refractivity contribution in [3.8, 4) is 0 Å². The SMILES string of the molecule is CN=C(NCCCn1cccn1)N1CCC(C(=O)OC)CC1.I. The van der Waals surface area contributed by atoms with Crippen LogP contribution in [0.15, 0.2) is 23.5 Å². The predicted octanol–water partition coefficient (Wildman–Crippen LogP) is 1.35. The van der Waals surface area contributed by atoms with Crippen LogP contribution in [0.2, 0.25) is 0 Å². The molecule has 1 N–H and O–H groups in total. The third-order valence-electron chi connectivity index (χ3n) is 3.95. The van der Waals surface area contributed by atoms with Crippen LogP contribution in [0.25, 0.3) is 0 Å². The Morgan fingerprint density at radius 1 is 1.43 bits per heavy atom. The first kappa shape index (κ1) is 19.7. The Morgan fingerprint density at radius 3 is 2.74 bits per heavy atom. The van der Waals surface area contributed by atoms with Crippen LogP contribution in [-0.2, 0) is 16.1 Å². The van der Waals surface area contributed by atoms with Crippen molar-refractivity contribution in [2.45, 2.75) is 25.8 Å². The number of piperidine rings is 1. The Hall–Kier alpha value is -1.32. The first-order chi connectivity index (χ1) is 10.7. The lowest BCUT2D eigenvalue weighted by atomic mass is 9.97. The van der Waals surface area contributed by atoms with Crippen LogP contribution in [0, 0.1) is 5.92 Å². The lowest BCUT2D eigenvalue weighted by molar-refractivity contribution is -0.146. The first-order valence-corrected chi connectivity index (χ1v) is 7.75. The van der Waals surface area contributed by atoms with E-state index in [9.17, 15) is 4.79 Å². The summed E-state index contributed by atoms with van der Waals surface area (Å²) < 4.78 is 6.74. The van der Waals surface area contributed by atoms with E-state index in [1.165, 1.54) is 7.11 Å². The third-order valence-corrected chi connectivity index (χ3v) is 3.95. The van der Waals surface area contributed by atoms with Gasteiger partial charge in [0, 0.05) is 45.6 Å². The first-order valence-electron chi connectivity index (χ1n) is 7.75. The summed E-state index contributed by atoms with van der Waals surface area (Å²) in [5.41, 5.74) is 0. The van der Waals surface area contributed by atoms with Crippen LogP contribution in [0.3, 0.4) is 0 Å². The summed E-state index contributed by atoms with van der Waals surface area (Å²) in [5, 5.41) is 7.56. The summed E-state index contributed by atoms with van der Waals surface area (Å²) in [6, 6.07) is 1.93. The number of nitrogens with one attached hydrogen (secondary N) is 1. The molecule has 0 spiro atoms. The number of esters is 1. The molecule has 1 fully saturated rings. The van der Waals surface area contributed by atoms with Crippen LogP contribution in [0.4, 0.5) is 0 Å². The van der Waals surface area contributed by atoms with Crippen molar-refractivity contribution < 1.29 is 9.53 Å². The second kappa shape index (κ2) is 10.5. The molecular formula is C15H26IN5O2. The van der Waals surface area contributed by atoms with Gasteiger partial charge in [0.15, 0.2) is 5.96 Å². The average Bonchev–Trinajstić information content (AvgIpc) is 3.08. The molecule has 0 aliphatic carbocycles. The Bertz CT molecular complexity index is 484. The van der Waals surface area contributed by atoms with E-state index in [-0.39, 0.29) is 35.9 Å². The van der Waals surface area contributed by atoms with Crippen molar-refractivity contribution in [3.63, 3.8) is 0 Å². The predicted molar refractivity (Wildman–Crippen MR) is 99.9 cm³/mol. The van der Waals surface area contributed by atoms with Gasteiger partial charge in [0.1, 0.15) is 0 Å². The van der Waals surface area contributed by atoms with E-state index in [2.05, 4.69) is 20.3 Å². The molecule has 0 atom stereocenters.